The van der Waals surface area contributed by atoms with Crippen molar-refractivity contribution in [2.45, 2.75) is 19.0 Å². The van der Waals surface area contributed by atoms with Crippen molar-refractivity contribution in [1.82, 2.24) is 5.32 Å². The lowest BCUT2D eigenvalue weighted by Crippen LogP contribution is -2.29. The van der Waals surface area contributed by atoms with E-state index in [1.54, 1.807) is 6.07 Å². The Bertz CT molecular complexity index is 296. The third kappa shape index (κ3) is 2.10. The van der Waals surface area contributed by atoms with E-state index in [-0.39, 0.29) is 5.92 Å². The summed E-state index contributed by atoms with van der Waals surface area (Å²) in [7, 11) is 0. The predicted octanol–water partition coefficient (Wildman–Crippen LogP) is 3.41. The molecule has 1 aliphatic heterocycles. The van der Waals surface area contributed by atoms with Crippen LogP contribution in [0.4, 0.5) is 4.39 Å². The average molecular weight is 234 g/mol. The first-order chi connectivity index (χ1) is 6.79. The summed E-state index contributed by atoms with van der Waals surface area (Å²) in [6.45, 7) is 1.85. The molecule has 0 saturated carbocycles. The number of thiophene rings is 1. The van der Waals surface area contributed by atoms with Gasteiger partial charge in [-0.25, -0.2) is 4.39 Å². The SMILES string of the molecule is FC(c1ccsc1Cl)C1CCNCC1. The highest BCUT2D eigenvalue weighted by Gasteiger charge is 2.26. The first-order valence-electron chi connectivity index (χ1n) is 4.86. The van der Waals surface area contributed by atoms with Gasteiger partial charge in [0.05, 0.1) is 4.34 Å². The third-order valence-electron chi connectivity index (χ3n) is 2.74. The second-order valence-corrected chi connectivity index (χ2v) is 5.16. The van der Waals surface area contributed by atoms with Gasteiger partial charge in [-0.05, 0) is 43.3 Å². The van der Waals surface area contributed by atoms with E-state index in [1.807, 2.05) is 5.38 Å². The normalized spacial score (nSPS) is 21.0. The Morgan fingerprint density at radius 3 is 2.79 bits per heavy atom. The summed E-state index contributed by atoms with van der Waals surface area (Å²) in [6, 6.07) is 1.81. The Labute approximate surface area is 92.3 Å². The van der Waals surface area contributed by atoms with Crippen molar-refractivity contribution in [2.75, 3.05) is 13.1 Å². The van der Waals surface area contributed by atoms with E-state index in [9.17, 15) is 4.39 Å². The molecule has 2 rings (SSSR count). The molecule has 1 saturated heterocycles. The van der Waals surface area contributed by atoms with Crippen molar-refractivity contribution in [1.29, 1.82) is 0 Å². The van der Waals surface area contributed by atoms with E-state index in [2.05, 4.69) is 5.32 Å². The fourth-order valence-electron chi connectivity index (χ4n) is 1.89. The predicted molar refractivity (Wildman–Crippen MR) is 58.8 cm³/mol. The minimum absolute atomic E-state index is 0.142. The lowest BCUT2D eigenvalue weighted by molar-refractivity contribution is 0.191. The molecular formula is C10H13ClFNS. The summed E-state index contributed by atoms with van der Waals surface area (Å²) >= 11 is 7.32. The van der Waals surface area contributed by atoms with Gasteiger partial charge in [0, 0.05) is 5.56 Å². The van der Waals surface area contributed by atoms with Gasteiger partial charge in [-0.3, -0.25) is 0 Å². The zero-order chi connectivity index (χ0) is 9.97. The summed E-state index contributed by atoms with van der Waals surface area (Å²) in [5.74, 6) is 0.142. The molecule has 0 amide bonds. The molecule has 78 valence electrons. The van der Waals surface area contributed by atoms with Crippen LogP contribution < -0.4 is 5.32 Å². The molecule has 1 aromatic rings. The van der Waals surface area contributed by atoms with E-state index >= 15 is 0 Å². The van der Waals surface area contributed by atoms with Gasteiger partial charge in [0.2, 0.25) is 0 Å². The minimum atomic E-state index is -0.879. The molecule has 0 spiro atoms. The Morgan fingerprint density at radius 2 is 2.21 bits per heavy atom. The number of hydrogen-bond acceptors (Lipinski definition) is 2. The van der Waals surface area contributed by atoms with Gasteiger partial charge in [-0.2, -0.15) is 0 Å². The van der Waals surface area contributed by atoms with Gasteiger partial charge in [-0.1, -0.05) is 11.6 Å². The summed E-state index contributed by atoms with van der Waals surface area (Å²) in [6.07, 6.45) is 0.941. The molecule has 0 aromatic carbocycles. The lowest BCUT2D eigenvalue weighted by Gasteiger charge is -2.25. The number of piperidine rings is 1. The van der Waals surface area contributed by atoms with E-state index in [0.717, 1.165) is 25.9 Å². The van der Waals surface area contributed by atoms with Crippen LogP contribution in [-0.2, 0) is 0 Å². The number of halogens is 2. The summed E-state index contributed by atoms with van der Waals surface area (Å²) in [5.41, 5.74) is 0.684. The molecule has 4 heteroatoms. The maximum absolute atomic E-state index is 14.0. The first-order valence-corrected chi connectivity index (χ1v) is 6.12. The lowest BCUT2D eigenvalue weighted by atomic mass is 9.90. The maximum Gasteiger partial charge on any atom is 0.130 e. The largest absolute Gasteiger partial charge is 0.317 e. The minimum Gasteiger partial charge on any atom is -0.317 e. The zero-order valence-electron chi connectivity index (χ0n) is 7.80. The van der Waals surface area contributed by atoms with Crippen LogP contribution >= 0.6 is 22.9 Å². The van der Waals surface area contributed by atoms with Crippen molar-refractivity contribution >= 4 is 22.9 Å². The monoisotopic (exact) mass is 233 g/mol. The Kier molecular flexibility index (Phi) is 3.42. The van der Waals surface area contributed by atoms with Gasteiger partial charge in [-0.15, -0.1) is 11.3 Å². The number of hydrogen-bond donors (Lipinski definition) is 1. The first kappa shape index (κ1) is 10.4. The summed E-state index contributed by atoms with van der Waals surface area (Å²) in [5, 5.41) is 5.08. The van der Waals surface area contributed by atoms with Crippen LogP contribution in [0.25, 0.3) is 0 Å². The maximum atomic E-state index is 14.0. The highest BCUT2D eigenvalue weighted by atomic mass is 35.5. The molecular weight excluding hydrogens is 221 g/mol. The molecule has 1 aliphatic rings. The zero-order valence-corrected chi connectivity index (χ0v) is 9.37. The smallest absolute Gasteiger partial charge is 0.130 e. The number of alkyl halides is 1. The van der Waals surface area contributed by atoms with E-state index in [1.165, 1.54) is 11.3 Å². The number of rotatable bonds is 2. The van der Waals surface area contributed by atoms with Crippen LogP contribution in [-0.4, -0.2) is 13.1 Å². The Morgan fingerprint density at radius 1 is 1.50 bits per heavy atom. The average Bonchev–Trinajstić information content (AvgIpc) is 2.65. The molecule has 1 atom stereocenters. The highest BCUT2D eigenvalue weighted by Crippen LogP contribution is 2.38. The van der Waals surface area contributed by atoms with Gasteiger partial charge in [0.1, 0.15) is 6.17 Å². The Balaban J connectivity index is 2.07. The Hall–Kier alpha value is -0.120. The second kappa shape index (κ2) is 4.60. The van der Waals surface area contributed by atoms with Crippen LogP contribution in [0.2, 0.25) is 4.34 Å². The van der Waals surface area contributed by atoms with E-state index < -0.39 is 6.17 Å². The molecule has 1 unspecified atom stereocenters. The highest BCUT2D eigenvalue weighted by molar-refractivity contribution is 7.14. The molecule has 0 radical (unpaired) electrons. The van der Waals surface area contributed by atoms with Crippen molar-refractivity contribution in [2.24, 2.45) is 5.92 Å². The molecule has 1 nitrogen and oxygen atoms in total. The number of nitrogens with one attached hydrogen (secondary N) is 1. The molecule has 0 bridgehead atoms. The molecule has 1 fully saturated rings. The van der Waals surface area contributed by atoms with Gasteiger partial charge in [0.25, 0.3) is 0 Å². The fraction of sp³-hybridized carbons (Fsp3) is 0.600. The van der Waals surface area contributed by atoms with Crippen LogP contribution in [0, 0.1) is 5.92 Å². The van der Waals surface area contributed by atoms with Crippen LogP contribution in [0.1, 0.15) is 24.6 Å². The molecule has 1 aromatic heterocycles. The molecule has 0 aliphatic carbocycles. The van der Waals surface area contributed by atoms with Crippen molar-refractivity contribution in [3.8, 4) is 0 Å². The standard InChI is InChI=1S/C10H13ClFNS/c11-10-8(3-6-14-10)9(12)7-1-4-13-5-2-7/h3,6-7,9,13H,1-2,4-5H2. The second-order valence-electron chi connectivity index (χ2n) is 3.64. The molecule has 2 heterocycles. The van der Waals surface area contributed by atoms with Crippen LogP contribution in [0.3, 0.4) is 0 Å². The van der Waals surface area contributed by atoms with E-state index in [4.69, 9.17) is 11.6 Å². The fourth-order valence-corrected chi connectivity index (χ4v) is 2.86. The van der Waals surface area contributed by atoms with Gasteiger partial charge >= 0.3 is 0 Å². The molecule has 14 heavy (non-hydrogen) atoms. The summed E-state index contributed by atoms with van der Waals surface area (Å²) < 4.78 is 14.6. The topological polar surface area (TPSA) is 12.0 Å². The van der Waals surface area contributed by atoms with Gasteiger partial charge in [0.15, 0.2) is 0 Å². The van der Waals surface area contributed by atoms with Gasteiger partial charge < -0.3 is 5.32 Å². The quantitative estimate of drug-likeness (QED) is 0.826. The van der Waals surface area contributed by atoms with E-state index in [0.29, 0.717) is 9.90 Å². The molecule has 1 N–H and O–H groups in total. The van der Waals surface area contributed by atoms with Crippen molar-refractivity contribution in [3.05, 3.63) is 21.3 Å². The third-order valence-corrected chi connectivity index (χ3v) is 3.94. The van der Waals surface area contributed by atoms with Crippen molar-refractivity contribution < 1.29 is 4.39 Å². The van der Waals surface area contributed by atoms with Crippen molar-refractivity contribution in [3.63, 3.8) is 0 Å². The van der Waals surface area contributed by atoms with Crippen LogP contribution in [0.15, 0.2) is 11.4 Å². The van der Waals surface area contributed by atoms with Crippen LogP contribution in [0.5, 0.6) is 0 Å². The summed E-state index contributed by atoms with van der Waals surface area (Å²) in [4.78, 5) is 0.